The van der Waals surface area contributed by atoms with Crippen LogP contribution in [0.4, 0.5) is 0 Å². The molecule has 1 aromatic rings. The molecule has 0 aliphatic rings. The van der Waals surface area contributed by atoms with Crippen molar-refractivity contribution in [1.29, 1.82) is 0 Å². The number of nitrogens with one attached hydrogen (secondary N) is 1. The minimum absolute atomic E-state index is 0.219. The molecule has 0 aliphatic carbocycles. The first-order valence-electron chi connectivity index (χ1n) is 5.13. The first-order chi connectivity index (χ1) is 8.04. The number of amides is 1. The van der Waals surface area contributed by atoms with E-state index in [4.69, 9.17) is 11.6 Å². The third-order valence-electron chi connectivity index (χ3n) is 2.20. The molecule has 4 nitrogen and oxygen atoms in total. The molecule has 0 saturated carbocycles. The smallest absolute Gasteiger partial charge is 0.337 e. The Morgan fingerprint density at radius 1 is 1.35 bits per heavy atom. The van der Waals surface area contributed by atoms with Gasteiger partial charge in [0.05, 0.1) is 12.7 Å². The predicted octanol–water partition coefficient (Wildman–Crippen LogP) is 1.72. The Kier molecular flexibility index (Phi) is 4.97. The van der Waals surface area contributed by atoms with Crippen molar-refractivity contribution in [2.75, 3.05) is 7.11 Å². The lowest BCUT2D eigenvalue weighted by atomic mass is 10.1. The molecule has 1 unspecified atom stereocenters. The molecule has 0 bridgehead atoms. The van der Waals surface area contributed by atoms with Crippen LogP contribution in [0.25, 0.3) is 0 Å². The molecule has 92 valence electrons. The molecule has 1 rings (SSSR count). The number of ether oxygens (including phenoxy) is 1. The van der Waals surface area contributed by atoms with Gasteiger partial charge in [0.25, 0.3) is 0 Å². The summed E-state index contributed by atoms with van der Waals surface area (Å²) in [7, 11) is 1.33. The molecule has 1 N–H and O–H groups in total. The number of hydrogen-bond donors (Lipinski definition) is 1. The van der Waals surface area contributed by atoms with E-state index < -0.39 is 5.38 Å². The van der Waals surface area contributed by atoms with Gasteiger partial charge in [-0.25, -0.2) is 4.79 Å². The van der Waals surface area contributed by atoms with E-state index >= 15 is 0 Å². The Morgan fingerprint density at radius 3 is 2.41 bits per heavy atom. The standard InChI is InChI=1S/C12H14ClNO3/c1-8(13)11(15)14-7-9-3-5-10(6-4-9)12(16)17-2/h3-6,8H,7H2,1-2H3,(H,14,15). The molecule has 0 fully saturated rings. The van der Waals surface area contributed by atoms with Gasteiger partial charge in [-0.2, -0.15) is 0 Å². The molecule has 17 heavy (non-hydrogen) atoms. The van der Waals surface area contributed by atoms with Gasteiger partial charge >= 0.3 is 5.97 Å². The minimum atomic E-state index is -0.552. The van der Waals surface area contributed by atoms with Gasteiger partial charge in [0.15, 0.2) is 0 Å². The van der Waals surface area contributed by atoms with Crippen LogP contribution >= 0.6 is 11.6 Å². The van der Waals surface area contributed by atoms with E-state index in [0.717, 1.165) is 5.56 Å². The van der Waals surface area contributed by atoms with Crippen molar-refractivity contribution in [3.05, 3.63) is 35.4 Å². The van der Waals surface area contributed by atoms with Crippen LogP contribution in [-0.4, -0.2) is 24.4 Å². The Balaban J connectivity index is 2.57. The van der Waals surface area contributed by atoms with E-state index in [9.17, 15) is 9.59 Å². The number of alkyl halides is 1. The van der Waals surface area contributed by atoms with E-state index in [1.165, 1.54) is 7.11 Å². The van der Waals surface area contributed by atoms with Crippen LogP contribution in [0, 0.1) is 0 Å². The molecular weight excluding hydrogens is 242 g/mol. The van der Waals surface area contributed by atoms with Crippen molar-refractivity contribution in [3.8, 4) is 0 Å². The third kappa shape index (κ3) is 4.07. The number of hydrogen-bond acceptors (Lipinski definition) is 3. The maximum Gasteiger partial charge on any atom is 0.337 e. The lowest BCUT2D eigenvalue weighted by Crippen LogP contribution is -2.29. The van der Waals surface area contributed by atoms with E-state index in [1.807, 2.05) is 0 Å². The number of benzene rings is 1. The van der Waals surface area contributed by atoms with Crippen molar-refractivity contribution in [2.45, 2.75) is 18.8 Å². The fourth-order valence-electron chi connectivity index (χ4n) is 1.21. The van der Waals surface area contributed by atoms with Gasteiger partial charge in [-0.3, -0.25) is 4.79 Å². The van der Waals surface area contributed by atoms with Gasteiger partial charge in [0, 0.05) is 6.54 Å². The van der Waals surface area contributed by atoms with Gasteiger partial charge in [-0.05, 0) is 24.6 Å². The summed E-state index contributed by atoms with van der Waals surface area (Å²) in [5, 5.41) is 2.12. The SMILES string of the molecule is COC(=O)c1ccc(CNC(=O)C(C)Cl)cc1. The first-order valence-corrected chi connectivity index (χ1v) is 5.57. The highest BCUT2D eigenvalue weighted by molar-refractivity contribution is 6.30. The largest absolute Gasteiger partial charge is 0.465 e. The van der Waals surface area contributed by atoms with Crippen molar-refractivity contribution in [1.82, 2.24) is 5.32 Å². The summed E-state index contributed by atoms with van der Waals surface area (Å²) in [6.07, 6.45) is 0. The van der Waals surface area contributed by atoms with Crippen molar-refractivity contribution < 1.29 is 14.3 Å². The quantitative estimate of drug-likeness (QED) is 0.658. The first kappa shape index (κ1) is 13.5. The maximum atomic E-state index is 11.2. The molecule has 0 radical (unpaired) electrons. The summed E-state index contributed by atoms with van der Waals surface area (Å²) in [5.74, 6) is -0.598. The number of methoxy groups -OCH3 is 1. The summed E-state index contributed by atoms with van der Waals surface area (Å²) < 4.78 is 4.58. The lowest BCUT2D eigenvalue weighted by molar-refractivity contribution is -0.120. The molecule has 1 atom stereocenters. The average Bonchev–Trinajstić information content (AvgIpc) is 2.35. The van der Waals surface area contributed by atoms with Crippen molar-refractivity contribution >= 4 is 23.5 Å². The van der Waals surface area contributed by atoms with Crippen LogP contribution in [0.15, 0.2) is 24.3 Å². The van der Waals surface area contributed by atoms with Gasteiger partial charge in [0.1, 0.15) is 5.38 Å². The average molecular weight is 256 g/mol. The normalized spacial score (nSPS) is 11.7. The highest BCUT2D eigenvalue weighted by atomic mass is 35.5. The summed E-state index contributed by atoms with van der Waals surface area (Å²) in [6, 6.07) is 6.81. The monoisotopic (exact) mass is 255 g/mol. The Bertz CT molecular complexity index is 401. The number of esters is 1. The zero-order valence-electron chi connectivity index (χ0n) is 9.70. The molecule has 5 heteroatoms. The molecule has 0 heterocycles. The van der Waals surface area contributed by atoms with E-state index in [0.29, 0.717) is 12.1 Å². The van der Waals surface area contributed by atoms with Gasteiger partial charge in [0.2, 0.25) is 5.91 Å². The fraction of sp³-hybridized carbons (Fsp3) is 0.333. The number of carbonyl (C=O) groups is 2. The predicted molar refractivity (Wildman–Crippen MR) is 64.9 cm³/mol. The summed E-state index contributed by atoms with van der Waals surface area (Å²) in [4.78, 5) is 22.4. The van der Waals surface area contributed by atoms with E-state index in [2.05, 4.69) is 10.1 Å². The Hall–Kier alpha value is -1.55. The van der Waals surface area contributed by atoms with Crippen LogP contribution in [0.3, 0.4) is 0 Å². The molecule has 0 aliphatic heterocycles. The zero-order chi connectivity index (χ0) is 12.8. The van der Waals surface area contributed by atoms with Crippen molar-refractivity contribution in [2.24, 2.45) is 0 Å². The molecule has 1 aromatic carbocycles. The second-order valence-corrected chi connectivity index (χ2v) is 4.18. The molecule has 0 spiro atoms. The number of rotatable bonds is 4. The number of carbonyl (C=O) groups excluding carboxylic acids is 2. The zero-order valence-corrected chi connectivity index (χ0v) is 10.5. The maximum absolute atomic E-state index is 11.2. The van der Waals surface area contributed by atoms with Gasteiger partial charge in [-0.1, -0.05) is 12.1 Å². The van der Waals surface area contributed by atoms with Crippen LogP contribution < -0.4 is 5.32 Å². The highest BCUT2D eigenvalue weighted by Crippen LogP contribution is 2.06. The molecule has 1 amide bonds. The summed E-state index contributed by atoms with van der Waals surface area (Å²) in [5.41, 5.74) is 1.37. The summed E-state index contributed by atoms with van der Waals surface area (Å²) in [6.45, 7) is 1.99. The second kappa shape index (κ2) is 6.25. The minimum Gasteiger partial charge on any atom is -0.465 e. The summed E-state index contributed by atoms with van der Waals surface area (Å²) >= 11 is 5.61. The highest BCUT2D eigenvalue weighted by Gasteiger charge is 2.08. The van der Waals surface area contributed by atoms with E-state index in [-0.39, 0.29) is 11.9 Å². The van der Waals surface area contributed by atoms with Crippen LogP contribution in [0.2, 0.25) is 0 Å². The van der Waals surface area contributed by atoms with Crippen LogP contribution in [-0.2, 0) is 16.1 Å². The lowest BCUT2D eigenvalue weighted by Gasteiger charge is -2.07. The van der Waals surface area contributed by atoms with Crippen LogP contribution in [0.1, 0.15) is 22.8 Å². The Morgan fingerprint density at radius 2 is 1.94 bits per heavy atom. The number of halogens is 1. The van der Waals surface area contributed by atoms with E-state index in [1.54, 1.807) is 31.2 Å². The van der Waals surface area contributed by atoms with Gasteiger partial charge < -0.3 is 10.1 Å². The third-order valence-corrected chi connectivity index (χ3v) is 2.40. The van der Waals surface area contributed by atoms with Crippen LogP contribution in [0.5, 0.6) is 0 Å². The Labute approximate surface area is 105 Å². The van der Waals surface area contributed by atoms with Gasteiger partial charge in [-0.15, -0.1) is 11.6 Å². The molecule has 0 saturated heterocycles. The molecular formula is C12H14ClNO3. The topological polar surface area (TPSA) is 55.4 Å². The molecule has 0 aromatic heterocycles. The second-order valence-electron chi connectivity index (χ2n) is 3.52. The fourth-order valence-corrected chi connectivity index (χ4v) is 1.28. The van der Waals surface area contributed by atoms with Crippen molar-refractivity contribution in [3.63, 3.8) is 0 Å².